The summed E-state index contributed by atoms with van der Waals surface area (Å²) in [4.78, 5) is 9.15. The van der Waals surface area contributed by atoms with Gasteiger partial charge in [-0.05, 0) is 31.2 Å². The van der Waals surface area contributed by atoms with E-state index in [9.17, 15) is 0 Å². The Bertz CT molecular complexity index is 640. The summed E-state index contributed by atoms with van der Waals surface area (Å²) in [6.07, 6.45) is 2.63. The molecule has 1 fully saturated rings. The van der Waals surface area contributed by atoms with Gasteiger partial charge in [0.15, 0.2) is 5.82 Å². The lowest BCUT2D eigenvalue weighted by Gasteiger charge is -2.32. The monoisotopic (exact) mass is 328 g/mol. The molecule has 3 rings (SSSR count). The second-order valence-electron chi connectivity index (χ2n) is 5.95. The number of rotatable bonds is 6. The van der Waals surface area contributed by atoms with Crippen LogP contribution >= 0.6 is 0 Å². The molecule has 1 aromatic heterocycles. The number of hydrogen-bond acceptors (Lipinski definition) is 7. The molecule has 24 heavy (non-hydrogen) atoms. The maximum atomic E-state index is 5.17. The van der Waals surface area contributed by atoms with Gasteiger partial charge in [-0.2, -0.15) is 10.1 Å². The van der Waals surface area contributed by atoms with Crippen LogP contribution in [0.15, 0.2) is 30.5 Å². The van der Waals surface area contributed by atoms with Crippen LogP contribution in [0, 0.1) is 0 Å². The van der Waals surface area contributed by atoms with Crippen LogP contribution in [-0.4, -0.2) is 67.0 Å². The standard InChI is InChI=1S/C17H24N6O/c1-22-9-11-23(12-10-22)16-13-19-21-17(20-16)18-8-7-14-3-5-15(24-2)6-4-14/h3-6,13H,7-12H2,1-2H3,(H,18,20,21). The minimum absolute atomic E-state index is 0.583. The molecule has 0 unspecified atom stereocenters. The average Bonchev–Trinajstić information content (AvgIpc) is 2.63. The van der Waals surface area contributed by atoms with Crippen LogP contribution in [-0.2, 0) is 6.42 Å². The van der Waals surface area contributed by atoms with Crippen molar-refractivity contribution in [3.63, 3.8) is 0 Å². The van der Waals surface area contributed by atoms with E-state index in [2.05, 4.69) is 49.5 Å². The highest BCUT2D eigenvalue weighted by Gasteiger charge is 2.16. The molecule has 0 spiro atoms. The largest absolute Gasteiger partial charge is 0.497 e. The minimum atomic E-state index is 0.583. The van der Waals surface area contributed by atoms with Crippen LogP contribution in [0.1, 0.15) is 5.56 Å². The Morgan fingerprint density at radius 2 is 1.88 bits per heavy atom. The summed E-state index contributed by atoms with van der Waals surface area (Å²) in [5.41, 5.74) is 1.24. The second kappa shape index (κ2) is 7.92. The highest BCUT2D eigenvalue weighted by molar-refractivity contribution is 5.40. The predicted octanol–water partition coefficient (Wildman–Crippen LogP) is 1.29. The van der Waals surface area contributed by atoms with Crippen molar-refractivity contribution >= 4 is 11.8 Å². The summed E-state index contributed by atoms with van der Waals surface area (Å²) < 4.78 is 5.17. The normalized spacial score (nSPS) is 15.3. The third-order valence-electron chi connectivity index (χ3n) is 4.23. The summed E-state index contributed by atoms with van der Waals surface area (Å²) in [7, 11) is 3.82. The molecule has 2 aromatic rings. The summed E-state index contributed by atoms with van der Waals surface area (Å²) in [5, 5.41) is 11.4. The molecule has 1 N–H and O–H groups in total. The highest BCUT2D eigenvalue weighted by atomic mass is 16.5. The summed E-state index contributed by atoms with van der Waals surface area (Å²) in [6, 6.07) is 8.09. The van der Waals surface area contributed by atoms with Gasteiger partial charge in [-0.3, -0.25) is 0 Å². The zero-order valence-electron chi connectivity index (χ0n) is 14.3. The first-order valence-electron chi connectivity index (χ1n) is 8.24. The topological polar surface area (TPSA) is 66.4 Å². The number of ether oxygens (including phenoxy) is 1. The Kier molecular flexibility index (Phi) is 5.43. The third-order valence-corrected chi connectivity index (χ3v) is 4.23. The molecule has 0 amide bonds. The van der Waals surface area contributed by atoms with Gasteiger partial charge >= 0.3 is 0 Å². The first kappa shape index (κ1) is 16.4. The molecular weight excluding hydrogens is 304 g/mol. The molecule has 128 valence electrons. The van der Waals surface area contributed by atoms with E-state index >= 15 is 0 Å². The molecule has 0 radical (unpaired) electrons. The van der Waals surface area contributed by atoms with Gasteiger partial charge in [0.1, 0.15) is 5.75 Å². The van der Waals surface area contributed by atoms with Crippen molar-refractivity contribution in [2.45, 2.75) is 6.42 Å². The van der Waals surface area contributed by atoms with Crippen LogP contribution in [0.3, 0.4) is 0 Å². The molecule has 0 bridgehead atoms. The maximum Gasteiger partial charge on any atom is 0.244 e. The fraction of sp³-hybridized carbons (Fsp3) is 0.471. The zero-order valence-corrected chi connectivity index (χ0v) is 14.3. The Morgan fingerprint density at radius 3 is 2.58 bits per heavy atom. The number of hydrogen-bond donors (Lipinski definition) is 1. The molecule has 0 aliphatic carbocycles. The molecule has 0 saturated carbocycles. The molecule has 1 aliphatic heterocycles. The van der Waals surface area contributed by atoms with E-state index in [1.165, 1.54) is 5.56 Å². The van der Waals surface area contributed by atoms with E-state index in [-0.39, 0.29) is 0 Å². The molecule has 7 nitrogen and oxygen atoms in total. The van der Waals surface area contributed by atoms with Crippen LogP contribution in [0.4, 0.5) is 11.8 Å². The van der Waals surface area contributed by atoms with Crippen LogP contribution < -0.4 is 15.0 Å². The van der Waals surface area contributed by atoms with Crippen molar-refractivity contribution in [1.29, 1.82) is 0 Å². The van der Waals surface area contributed by atoms with Gasteiger partial charge in [0.25, 0.3) is 0 Å². The van der Waals surface area contributed by atoms with E-state index in [4.69, 9.17) is 4.74 Å². The van der Waals surface area contributed by atoms with Gasteiger partial charge in [-0.15, -0.1) is 5.10 Å². The first-order valence-corrected chi connectivity index (χ1v) is 8.24. The lowest BCUT2D eigenvalue weighted by Crippen LogP contribution is -2.44. The fourth-order valence-corrected chi connectivity index (χ4v) is 2.67. The molecule has 1 aliphatic rings. The number of piperazine rings is 1. The average molecular weight is 328 g/mol. The summed E-state index contributed by atoms with van der Waals surface area (Å²) in [5.74, 6) is 2.35. The maximum absolute atomic E-state index is 5.17. The number of methoxy groups -OCH3 is 1. The third kappa shape index (κ3) is 4.32. The second-order valence-corrected chi connectivity index (χ2v) is 5.95. The lowest BCUT2D eigenvalue weighted by atomic mass is 10.1. The Labute approximate surface area is 142 Å². The number of nitrogens with one attached hydrogen (secondary N) is 1. The molecule has 0 atom stereocenters. The van der Waals surface area contributed by atoms with Crippen molar-refractivity contribution < 1.29 is 4.74 Å². The first-order chi connectivity index (χ1) is 11.7. The number of likely N-dealkylation sites (N-methyl/N-ethyl adjacent to an activating group) is 1. The number of anilines is 2. The van der Waals surface area contributed by atoms with E-state index in [0.717, 1.165) is 50.7 Å². The molecule has 2 heterocycles. The Morgan fingerprint density at radius 1 is 1.12 bits per heavy atom. The smallest absolute Gasteiger partial charge is 0.244 e. The van der Waals surface area contributed by atoms with Gasteiger partial charge in [-0.25, -0.2) is 0 Å². The minimum Gasteiger partial charge on any atom is -0.497 e. The van der Waals surface area contributed by atoms with Gasteiger partial charge in [-0.1, -0.05) is 12.1 Å². The van der Waals surface area contributed by atoms with E-state index < -0.39 is 0 Å². The van der Waals surface area contributed by atoms with E-state index in [1.54, 1.807) is 13.3 Å². The van der Waals surface area contributed by atoms with Gasteiger partial charge in [0.05, 0.1) is 13.3 Å². The van der Waals surface area contributed by atoms with Gasteiger partial charge in [0.2, 0.25) is 5.95 Å². The van der Waals surface area contributed by atoms with Crippen molar-refractivity contribution in [3.05, 3.63) is 36.0 Å². The van der Waals surface area contributed by atoms with Crippen LogP contribution in [0.25, 0.3) is 0 Å². The molecule has 1 aromatic carbocycles. The number of benzene rings is 1. The van der Waals surface area contributed by atoms with Crippen molar-refractivity contribution in [3.8, 4) is 5.75 Å². The van der Waals surface area contributed by atoms with Crippen molar-refractivity contribution in [1.82, 2.24) is 20.1 Å². The van der Waals surface area contributed by atoms with Crippen LogP contribution in [0.5, 0.6) is 5.75 Å². The quantitative estimate of drug-likeness (QED) is 0.857. The highest BCUT2D eigenvalue weighted by Crippen LogP contribution is 2.14. The Hall–Kier alpha value is -2.41. The predicted molar refractivity (Wildman–Crippen MR) is 94.7 cm³/mol. The molecule has 7 heteroatoms. The van der Waals surface area contributed by atoms with Crippen molar-refractivity contribution in [2.75, 3.05) is 57.1 Å². The van der Waals surface area contributed by atoms with Crippen molar-refractivity contribution in [2.24, 2.45) is 0 Å². The SMILES string of the molecule is COc1ccc(CCNc2nncc(N3CCN(C)CC3)n2)cc1. The van der Waals surface area contributed by atoms with Crippen LogP contribution in [0.2, 0.25) is 0 Å². The Balaban J connectivity index is 1.52. The fourth-order valence-electron chi connectivity index (χ4n) is 2.67. The van der Waals surface area contributed by atoms with Gasteiger partial charge < -0.3 is 19.9 Å². The summed E-state index contributed by atoms with van der Waals surface area (Å²) >= 11 is 0. The molecule has 1 saturated heterocycles. The number of aromatic nitrogens is 3. The van der Waals surface area contributed by atoms with E-state index in [0.29, 0.717) is 5.95 Å². The zero-order chi connectivity index (χ0) is 16.8. The van der Waals surface area contributed by atoms with Gasteiger partial charge in [0, 0.05) is 32.7 Å². The molecular formula is C17H24N6O. The summed E-state index contributed by atoms with van der Waals surface area (Å²) in [6.45, 7) is 4.80. The lowest BCUT2D eigenvalue weighted by molar-refractivity contribution is 0.312. The van der Waals surface area contributed by atoms with E-state index in [1.807, 2.05) is 12.1 Å². The number of nitrogens with zero attached hydrogens (tertiary/aromatic N) is 5.